The van der Waals surface area contributed by atoms with Crippen LogP contribution in [0.25, 0.3) is 11.4 Å². The summed E-state index contributed by atoms with van der Waals surface area (Å²) in [6, 6.07) is 3.93. The molecule has 0 spiro atoms. The van der Waals surface area contributed by atoms with Crippen molar-refractivity contribution in [3.8, 4) is 11.4 Å². The average molecular weight is 304 g/mol. The Morgan fingerprint density at radius 2 is 2.05 bits per heavy atom. The number of H-pyrrole nitrogens is 1. The number of aromatic amines is 1. The van der Waals surface area contributed by atoms with Gasteiger partial charge in [-0.2, -0.15) is 5.10 Å². The topological polar surface area (TPSA) is 46.5 Å². The van der Waals surface area contributed by atoms with Crippen molar-refractivity contribution in [3.05, 3.63) is 29.3 Å². The SMILES string of the molecule is CC(C)CCCCCCn1c(-c2cccnc2)n[nH]c1=S. The molecule has 2 aromatic rings. The van der Waals surface area contributed by atoms with Crippen molar-refractivity contribution >= 4 is 12.2 Å². The molecule has 5 heteroatoms. The molecule has 0 aliphatic heterocycles. The van der Waals surface area contributed by atoms with E-state index in [1.807, 2.05) is 18.3 Å². The van der Waals surface area contributed by atoms with Crippen LogP contribution < -0.4 is 0 Å². The maximum Gasteiger partial charge on any atom is 0.195 e. The molecule has 0 unspecified atom stereocenters. The van der Waals surface area contributed by atoms with E-state index in [1.54, 1.807) is 6.20 Å². The van der Waals surface area contributed by atoms with Gasteiger partial charge in [-0.1, -0.05) is 39.5 Å². The molecule has 4 nitrogen and oxygen atoms in total. The van der Waals surface area contributed by atoms with Crippen LogP contribution in [0.5, 0.6) is 0 Å². The highest BCUT2D eigenvalue weighted by atomic mass is 32.1. The third kappa shape index (κ3) is 4.77. The van der Waals surface area contributed by atoms with Gasteiger partial charge in [-0.3, -0.25) is 10.1 Å². The van der Waals surface area contributed by atoms with Crippen LogP contribution in [0.2, 0.25) is 0 Å². The Morgan fingerprint density at radius 3 is 2.76 bits per heavy atom. The van der Waals surface area contributed by atoms with Gasteiger partial charge >= 0.3 is 0 Å². The van der Waals surface area contributed by atoms with Gasteiger partial charge in [0.15, 0.2) is 10.6 Å². The molecular formula is C16H24N4S. The summed E-state index contributed by atoms with van der Waals surface area (Å²) in [6.07, 6.45) is 9.92. The second kappa shape index (κ2) is 8.08. The zero-order valence-electron chi connectivity index (χ0n) is 12.9. The molecular weight excluding hydrogens is 280 g/mol. The van der Waals surface area contributed by atoms with E-state index in [4.69, 9.17) is 12.2 Å². The Morgan fingerprint density at radius 1 is 1.24 bits per heavy atom. The highest BCUT2D eigenvalue weighted by Crippen LogP contribution is 2.17. The quantitative estimate of drug-likeness (QED) is 0.572. The highest BCUT2D eigenvalue weighted by molar-refractivity contribution is 7.71. The molecule has 2 heterocycles. The molecule has 0 aliphatic carbocycles. The van der Waals surface area contributed by atoms with Gasteiger partial charge in [0.25, 0.3) is 0 Å². The lowest BCUT2D eigenvalue weighted by Gasteiger charge is -2.07. The Balaban J connectivity index is 1.89. The zero-order valence-corrected chi connectivity index (χ0v) is 13.7. The lowest BCUT2D eigenvalue weighted by atomic mass is 10.0. The maximum atomic E-state index is 5.33. The number of hydrogen-bond acceptors (Lipinski definition) is 3. The highest BCUT2D eigenvalue weighted by Gasteiger charge is 2.08. The minimum absolute atomic E-state index is 0.691. The largest absolute Gasteiger partial charge is 0.300 e. The van der Waals surface area contributed by atoms with E-state index in [0.29, 0.717) is 4.77 Å². The monoisotopic (exact) mass is 304 g/mol. The van der Waals surface area contributed by atoms with E-state index in [0.717, 1.165) is 30.3 Å². The number of pyridine rings is 1. The van der Waals surface area contributed by atoms with E-state index in [1.165, 1.54) is 25.7 Å². The molecule has 114 valence electrons. The van der Waals surface area contributed by atoms with Crippen molar-refractivity contribution in [2.24, 2.45) is 5.92 Å². The fraction of sp³-hybridized carbons (Fsp3) is 0.562. The third-order valence-corrected chi connectivity index (χ3v) is 3.90. The van der Waals surface area contributed by atoms with E-state index in [9.17, 15) is 0 Å². The molecule has 0 atom stereocenters. The van der Waals surface area contributed by atoms with E-state index in [2.05, 4.69) is 33.6 Å². The Labute approximate surface area is 131 Å². The first kappa shape index (κ1) is 15.9. The minimum Gasteiger partial charge on any atom is -0.300 e. The van der Waals surface area contributed by atoms with Crippen molar-refractivity contribution in [2.75, 3.05) is 0 Å². The molecule has 0 amide bonds. The zero-order chi connectivity index (χ0) is 15.1. The second-order valence-electron chi connectivity index (χ2n) is 5.84. The van der Waals surface area contributed by atoms with Crippen LogP contribution in [0.4, 0.5) is 0 Å². The number of hydrogen-bond donors (Lipinski definition) is 1. The smallest absolute Gasteiger partial charge is 0.195 e. The van der Waals surface area contributed by atoms with Crippen LogP contribution in [0.1, 0.15) is 46.0 Å². The summed E-state index contributed by atoms with van der Waals surface area (Å²) < 4.78 is 2.77. The first-order chi connectivity index (χ1) is 10.2. The summed E-state index contributed by atoms with van der Waals surface area (Å²) in [5.41, 5.74) is 1.00. The first-order valence-electron chi connectivity index (χ1n) is 7.74. The molecule has 0 bridgehead atoms. The van der Waals surface area contributed by atoms with Gasteiger partial charge in [-0.05, 0) is 36.7 Å². The Bertz CT molecular complexity index is 586. The van der Waals surface area contributed by atoms with Crippen LogP contribution in [0, 0.1) is 10.7 Å². The fourth-order valence-corrected chi connectivity index (χ4v) is 2.64. The summed E-state index contributed by atoms with van der Waals surface area (Å²) in [6.45, 7) is 5.48. The van der Waals surface area contributed by atoms with E-state index in [-0.39, 0.29) is 0 Å². The first-order valence-corrected chi connectivity index (χ1v) is 8.15. The van der Waals surface area contributed by atoms with Gasteiger partial charge in [0.1, 0.15) is 0 Å². The Kier molecular flexibility index (Phi) is 6.11. The van der Waals surface area contributed by atoms with Crippen molar-refractivity contribution < 1.29 is 0 Å². The molecule has 1 N–H and O–H groups in total. The number of unbranched alkanes of at least 4 members (excludes halogenated alkanes) is 3. The summed E-state index contributed by atoms with van der Waals surface area (Å²) in [7, 11) is 0. The van der Waals surface area contributed by atoms with Crippen molar-refractivity contribution in [1.82, 2.24) is 19.7 Å². The van der Waals surface area contributed by atoms with Crippen molar-refractivity contribution in [2.45, 2.75) is 52.5 Å². The third-order valence-electron chi connectivity index (χ3n) is 3.59. The van der Waals surface area contributed by atoms with Crippen LogP contribution >= 0.6 is 12.2 Å². The lowest BCUT2D eigenvalue weighted by molar-refractivity contribution is 0.505. The van der Waals surface area contributed by atoms with Crippen LogP contribution in [0.3, 0.4) is 0 Å². The predicted octanol–water partition coefficient (Wildman–Crippen LogP) is 4.61. The summed E-state index contributed by atoms with van der Waals surface area (Å²) in [4.78, 5) is 4.15. The van der Waals surface area contributed by atoms with E-state index >= 15 is 0 Å². The molecule has 0 saturated heterocycles. The van der Waals surface area contributed by atoms with Crippen molar-refractivity contribution in [1.29, 1.82) is 0 Å². The molecule has 0 saturated carbocycles. The molecule has 0 fully saturated rings. The van der Waals surface area contributed by atoms with Gasteiger partial charge < -0.3 is 4.57 Å². The van der Waals surface area contributed by atoms with Crippen LogP contribution in [-0.4, -0.2) is 19.7 Å². The number of aromatic nitrogens is 4. The second-order valence-corrected chi connectivity index (χ2v) is 6.23. The number of nitrogens with one attached hydrogen (secondary N) is 1. The predicted molar refractivity (Wildman–Crippen MR) is 88.6 cm³/mol. The maximum absolute atomic E-state index is 5.33. The van der Waals surface area contributed by atoms with Crippen LogP contribution in [-0.2, 0) is 6.54 Å². The molecule has 0 aliphatic rings. The molecule has 0 aromatic carbocycles. The number of nitrogens with zero attached hydrogens (tertiary/aromatic N) is 3. The summed E-state index contributed by atoms with van der Waals surface area (Å²) in [5, 5.41) is 7.22. The molecule has 2 rings (SSSR count). The van der Waals surface area contributed by atoms with Gasteiger partial charge in [0.2, 0.25) is 0 Å². The lowest BCUT2D eigenvalue weighted by Crippen LogP contribution is -2.01. The molecule has 21 heavy (non-hydrogen) atoms. The van der Waals surface area contributed by atoms with Crippen LogP contribution in [0.15, 0.2) is 24.5 Å². The van der Waals surface area contributed by atoms with E-state index < -0.39 is 0 Å². The summed E-state index contributed by atoms with van der Waals surface area (Å²) in [5.74, 6) is 1.69. The minimum atomic E-state index is 0.691. The number of rotatable bonds is 8. The van der Waals surface area contributed by atoms with Gasteiger partial charge in [-0.15, -0.1) is 0 Å². The molecule has 2 aromatic heterocycles. The standard InChI is InChI=1S/C16H24N4S/c1-13(2)8-5-3-4-6-11-20-15(18-19-16(20)21)14-9-7-10-17-12-14/h7,9-10,12-13H,3-6,8,11H2,1-2H3,(H,19,21). The molecule has 0 radical (unpaired) electrons. The van der Waals surface area contributed by atoms with Gasteiger partial charge in [-0.25, -0.2) is 0 Å². The van der Waals surface area contributed by atoms with Crippen molar-refractivity contribution in [3.63, 3.8) is 0 Å². The summed E-state index contributed by atoms with van der Waals surface area (Å²) >= 11 is 5.33. The normalized spacial score (nSPS) is 11.2. The average Bonchev–Trinajstić information content (AvgIpc) is 2.84. The Hall–Kier alpha value is -1.49. The van der Waals surface area contributed by atoms with Gasteiger partial charge in [0.05, 0.1) is 0 Å². The van der Waals surface area contributed by atoms with Gasteiger partial charge in [0, 0.05) is 24.5 Å². The fourth-order valence-electron chi connectivity index (χ4n) is 2.42.